The number of benzene rings is 1. The smallest absolute Gasteiger partial charge is 0.329 e. The number of nitrogens with one attached hydrogen (secondary N) is 1. The molecule has 1 aromatic carbocycles. The average Bonchev–Trinajstić information content (AvgIpc) is 2.90. The number of hydrogen-bond donors (Lipinski definition) is 1. The zero-order chi connectivity index (χ0) is 18.1. The first kappa shape index (κ1) is 17.0. The molecule has 0 unspecified atom stereocenters. The molecule has 0 aliphatic rings. The minimum atomic E-state index is -1.23. The number of aryl methyl sites for hydroxylation is 2. The van der Waals surface area contributed by atoms with Crippen molar-refractivity contribution in [3.05, 3.63) is 56.2 Å². The lowest BCUT2D eigenvalue weighted by Gasteiger charge is -2.09. The zero-order valence-electron chi connectivity index (χ0n) is 13.6. The highest BCUT2D eigenvalue weighted by atomic mass is 32.2. The molecule has 0 aliphatic heterocycles. The van der Waals surface area contributed by atoms with Gasteiger partial charge in [0, 0.05) is 12.8 Å². The molecular weight excluding hydrogens is 344 g/mol. The molecule has 8 nitrogen and oxygen atoms in total. The monoisotopic (exact) mass is 359 g/mol. The van der Waals surface area contributed by atoms with Crippen molar-refractivity contribution in [1.82, 2.24) is 19.1 Å². The lowest BCUT2D eigenvalue weighted by atomic mass is 10.1. The highest BCUT2D eigenvalue weighted by Gasteiger charge is 2.18. The van der Waals surface area contributed by atoms with Crippen molar-refractivity contribution in [2.24, 2.45) is 7.05 Å². The maximum absolute atomic E-state index is 12.3. The predicted octanol–water partition coefficient (Wildman–Crippen LogP) is -0.378. The Morgan fingerprint density at radius 1 is 1.36 bits per heavy atom. The van der Waals surface area contributed by atoms with Gasteiger partial charge in [-0.2, -0.15) is 0 Å². The van der Waals surface area contributed by atoms with E-state index in [0.717, 1.165) is 22.9 Å². The highest BCUT2D eigenvalue weighted by molar-refractivity contribution is 7.99. The molecule has 2 heterocycles. The number of nitrogens with zero attached hydrogens (tertiary/aromatic N) is 3. The van der Waals surface area contributed by atoms with Gasteiger partial charge in [-0.05, 0) is 12.5 Å². The summed E-state index contributed by atoms with van der Waals surface area (Å²) in [5, 5.41) is 11.1. The predicted molar refractivity (Wildman–Crippen MR) is 91.6 cm³/mol. The summed E-state index contributed by atoms with van der Waals surface area (Å²) >= 11 is 0.949. The Bertz CT molecular complexity index is 1080. The number of carboxylic acid groups (broad SMARTS) is 1. The minimum Gasteiger partial charge on any atom is -0.549 e. The average molecular weight is 359 g/mol. The molecule has 0 aliphatic carbocycles. The van der Waals surface area contributed by atoms with Crippen LogP contribution in [0.15, 0.2) is 39.0 Å². The van der Waals surface area contributed by atoms with E-state index in [2.05, 4.69) is 9.97 Å². The molecule has 0 saturated heterocycles. The third-order valence-corrected chi connectivity index (χ3v) is 4.66. The van der Waals surface area contributed by atoms with E-state index in [1.54, 1.807) is 4.57 Å². The molecule has 0 amide bonds. The quantitative estimate of drug-likeness (QED) is 0.622. The van der Waals surface area contributed by atoms with Gasteiger partial charge in [-0.3, -0.25) is 14.3 Å². The molecule has 0 fully saturated rings. The first-order valence-corrected chi connectivity index (χ1v) is 8.43. The van der Waals surface area contributed by atoms with Crippen LogP contribution in [-0.2, 0) is 18.4 Å². The van der Waals surface area contributed by atoms with Crippen molar-refractivity contribution >= 4 is 28.9 Å². The summed E-state index contributed by atoms with van der Waals surface area (Å²) in [7, 11) is 1.50. The summed E-state index contributed by atoms with van der Waals surface area (Å²) in [6, 6.07) is 7.73. The molecule has 0 bridgehead atoms. The van der Waals surface area contributed by atoms with Crippen LogP contribution in [0.5, 0.6) is 0 Å². The van der Waals surface area contributed by atoms with E-state index in [9.17, 15) is 19.5 Å². The Labute approximate surface area is 146 Å². The fourth-order valence-corrected chi connectivity index (χ4v) is 3.30. The van der Waals surface area contributed by atoms with E-state index >= 15 is 0 Å². The number of imidazole rings is 1. The SMILES string of the molecule is Cc1cccc(Cn2c(SCC(=O)[O-])nc3c2c(=O)[nH]c(=O)n3C)c1. The van der Waals surface area contributed by atoms with Gasteiger partial charge in [0.05, 0.1) is 12.5 Å². The van der Waals surface area contributed by atoms with Crippen molar-refractivity contribution in [1.29, 1.82) is 0 Å². The Kier molecular flexibility index (Phi) is 4.49. The van der Waals surface area contributed by atoms with E-state index < -0.39 is 17.2 Å². The fourth-order valence-electron chi connectivity index (χ4n) is 2.59. The third-order valence-electron chi connectivity index (χ3n) is 3.71. The molecule has 0 spiro atoms. The number of rotatable bonds is 5. The van der Waals surface area contributed by atoms with E-state index in [1.165, 1.54) is 11.6 Å². The number of carbonyl (C=O) groups excluding carboxylic acids is 1. The van der Waals surface area contributed by atoms with Crippen molar-refractivity contribution in [2.45, 2.75) is 18.6 Å². The molecule has 0 atom stereocenters. The molecule has 3 rings (SSSR count). The molecule has 3 aromatic rings. The Morgan fingerprint density at radius 2 is 2.12 bits per heavy atom. The number of carboxylic acids is 1. The summed E-state index contributed by atoms with van der Waals surface area (Å²) in [5.74, 6) is -1.54. The topological polar surface area (TPSA) is 113 Å². The standard InChI is InChI=1S/C16H16N4O4S/c1-9-4-3-5-10(6-9)7-20-12-13(17-16(20)25-8-11(21)22)19(2)15(24)18-14(12)23/h3-6H,7-8H2,1-2H3,(H,21,22)(H,18,23,24)/p-1. The summed E-state index contributed by atoms with van der Waals surface area (Å²) < 4.78 is 2.85. The number of fused-ring (bicyclic) bond motifs is 1. The summed E-state index contributed by atoms with van der Waals surface area (Å²) in [4.78, 5) is 41.5. The van der Waals surface area contributed by atoms with Crippen LogP contribution >= 0.6 is 11.8 Å². The van der Waals surface area contributed by atoms with Crippen molar-refractivity contribution in [3.63, 3.8) is 0 Å². The van der Waals surface area contributed by atoms with E-state index in [1.807, 2.05) is 31.2 Å². The fraction of sp³-hybridized carbons (Fsp3) is 0.250. The third kappa shape index (κ3) is 3.36. The highest BCUT2D eigenvalue weighted by Crippen LogP contribution is 2.22. The van der Waals surface area contributed by atoms with Crippen molar-refractivity contribution < 1.29 is 9.90 Å². The van der Waals surface area contributed by atoms with Gasteiger partial charge in [0.25, 0.3) is 5.56 Å². The number of H-pyrrole nitrogens is 1. The molecule has 2 aromatic heterocycles. The van der Waals surface area contributed by atoms with Crippen LogP contribution in [0.2, 0.25) is 0 Å². The number of aliphatic carboxylic acids is 1. The van der Waals surface area contributed by atoms with Gasteiger partial charge in [0.2, 0.25) is 0 Å². The van der Waals surface area contributed by atoms with Gasteiger partial charge in [-0.25, -0.2) is 9.78 Å². The van der Waals surface area contributed by atoms with Crippen LogP contribution < -0.4 is 16.4 Å². The van der Waals surface area contributed by atoms with Crippen LogP contribution in [0.4, 0.5) is 0 Å². The molecule has 1 N–H and O–H groups in total. The summed E-state index contributed by atoms with van der Waals surface area (Å²) in [6.07, 6.45) is 0. The number of aromatic amines is 1. The minimum absolute atomic E-state index is 0.210. The number of aromatic nitrogens is 4. The van der Waals surface area contributed by atoms with Gasteiger partial charge >= 0.3 is 5.69 Å². The molecule has 0 saturated carbocycles. The molecule has 9 heteroatoms. The van der Waals surface area contributed by atoms with Gasteiger partial charge in [-0.15, -0.1) is 0 Å². The Balaban J connectivity index is 2.20. The lowest BCUT2D eigenvalue weighted by Crippen LogP contribution is -2.29. The maximum atomic E-state index is 12.3. The second-order valence-corrected chi connectivity index (χ2v) is 6.56. The van der Waals surface area contributed by atoms with Crippen LogP contribution in [0, 0.1) is 6.92 Å². The maximum Gasteiger partial charge on any atom is 0.329 e. The Morgan fingerprint density at radius 3 is 2.80 bits per heavy atom. The number of thioether (sulfide) groups is 1. The van der Waals surface area contributed by atoms with Crippen LogP contribution in [0.3, 0.4) is 0 Å². The molecule has 25 heavy (non-hydrogen) atoms. The van der Waals surface area contributed by atoms with E-state index in [-0.39, 0.29) is 16.9 Å². The van der Waals surface area contributed by atoms with Gasteiger partial charge in [0.1, 0.15) is 0 Å². The first-order chi connectivity index (χ1) is 11.9. The van der Waals surface area contributed by atoms with Crippen molar-refractivity contribution in [3.8, 4) is 0 Å². The second kappa shape index (κ2) is 6.60. The molecule has 130 valence electrons. The van der Waals surface area contributed by atoms with Gasteiger partial charge < -0.3 is 14.5 Å². The van der Waals surface area contributed by atoms with Crippen LogP contribution in [-0.4, -0.2) is 30.8 Å². The van der Waals surface area contributed by atoms with Gasteiger partial charge in [-0.1, -0.05) is 41.6 Å². The molecule has 0 radical (unpaired) electrons. The second-order valence-electron chi connectivity index (χ2n) is 5.62. The number of hydrogen-bond acceptors (Lipinski definition) is 6. The zero-order valence-corrected chi connectivity index (χ0v) is 14.4. The number of carbonyl (C=O) groups is 1. The summed E-state index contributed by atoms with van der Waals surface area (Å²) in [6.45, 7) is 2.28. The van der Waals surface area contributed by atoms with E-state index in [0.29, 0.717) is 11.7 Å². The largest absolute Gasteiger partial charge is 0.549 e. The lowest BCUT2D eigenvalue weighted by molar-refractivity contribution is -0.301. The normalized spacial score (nSPS) is 11.1. The van der Waals surface area contributed by atoms with Crippen LogP contribution in [0.25, 0.3) is 11.2 Å². The van der Waals surface area contributed by atoms with Crippen LogP contribution in [0.1, 0.15) is 11.1 Å². The van der Waals surface area contributed by atoms with Gasteiger partial charge in [0.15, 0.2) is 16.3 Å². The summed E-state index contributed by atoms with van der Waals surface area (Å²) in [5.41, 5.74) is 1.30. The van der Waals surface area contributed by atoms with Crippen molar-refractivity contribution in [2.75, 3.05) is 5.75 Å². The Hall–Kier alpha value is -2.81. The first-order valence-electron chi connectivity index (χ1n) is 7.44. The molecular formula is C16H15N4O4S-. The van der Waals surface area contributed by atoms with E-state index in [4.69, 9.17) is 0 Å².